The number of aryl methyl sites for hydroxylation is 1. The predicted octanol–water partition coefficient (Wildman–Crippen LogP) is 7.74. The molecule has 1 fully saturated rings. The van der Waals surface area contributed by atoms with Crippen LogP contribution >= 0.6 is 11.5 Å². The van der Waals surface area contributed by atoms with Gasteiger partial charge in [-0.05, 0) is 79.5 Å². The fraction of sp³-hybridized carbons (Fsp3) is 0.306. The van der Waals surface area contributed by atoms with Crippen LogP contribution in [0.1, 0.15) is 60.8 Å². The number of hydrogen-bond acceptors (Lipinski definition) is 6. The number of carbonyl (C=O) groups excluding carboxylic acids is 2. The molecule has 236 valence electrons. The van der Waals surface area contributed by atoms with Crippen LogP contribution in [0.5, 0.6) is 0 Å². The van der Waals surface area contributed by atoms with Crippen LogP contribution in [0.2, 0.25) is 0 Å². The number of likely N-dealkylation sites (tertiary alicyclic amines) is 1. The van der Waals surface area contributed by atoms with Crippen LogP contribution in [0.25, 0.3) is 16.9 Å². The zero-order chi connectivity index (χ0) is 32.3. The van der Waals surface area contributed by atoms with Crippen molar-refractivity contribution in [2.45, 2.75) is 52.4 Å². The molecule has 1 saturated heterocycles. The molecule has 1 aliphatic rings. The molecule has 0 spiro atoms. The number of nitrogens with zero attached hydrogens (tertiary/aromatic N) is 5. The van der Waals surface area contributed by atoms with Crippen LogP contribution in [0, 0.1) is 12.8 Å². The van der Waals surface area contributed by atoms with E-state index >= 15 is 0 Å². The Labute approximate surface area is 273 Å². The minimum absolute atomic E-state index is 0.0552. The first-order chi connectivity index (χ1) is 22.1. The second-order valence-electron chi connectivity index (χ2n) is 13.0. The van der Waals surface area contributed by atoms with Crippen LogP contribution in [0.4, 0.5) is 16.3 Å². The van der Waals surface area contributed by atoms with E-state index in [1.165, 1.54) is 11.5 Å². The number of aromatic nitrogens is 4. The van der Waals surface area contributed by atoms with Gasteiger partial charge in [0.25, 0.3) is 5.91 Å². The Hall–Kier alpha value is -4.83. The molecule has 0 unspecified atom stereocenters. The van der Waals surface area contributed by atoms with Gasteiger partial charge in [-0.25, -0.2) is 9.48 Å². The monoisotopic (exact) mass is 633 g/mol. The maximum absolute atomic E-state index is 13.3. The lowest BCUT2D eigenvalue weighted by Gasteiger charge is -2.32. The lowest BCUT2D eigenvalue weighted by Crippen LogP contribution is -2.39. The second kappa shape index (κ2) is 13.3. The number of amides is 3. The molecule has 6 rings (SSSR count). The highest BCUT2D eigenvalue weighted by Gasteiger charge is 2.25. The molecule has 2 N–H and O–H groups in total. The van der Waals surface area contributed by atoms with Crippen molar-refractivity contribution in [1.29, 1.82) is 0 Å². The van der Waals surface area contributed by atoms with Gasteiger partial charge >= 0.3 is 6.03 Å². The summed E-state index contributed by atoms with van der Waals surface area (Å²) in [4.78, 5) is 28.5. The molecule has 2 aromatic heterocycles. The smallest absolute Gasteiger partial charge is 0.324 e. The molecule has 5 aromatic rings. The van der Waals surface area contributed by atoms with Crippen molar-refractivity contribution in [3.05, 3.63) is 107 Å². The first-order valence-electron chi connectivity index (χ1n) is 15.6. The molecule has 9 nitrogen and oxygen atoms in total. The maximum atomic E-state index is 13.3. The van der Waals surface area contributed by atoms with Gasteiger partial charge in [-0.3, -0.25) is 10.1 Å². The summed E-state index contributed by atoms with van der Waals surface area (Å²) in [6.45, 7) is 9.77. The fourth-order valence-corrected chi connectivity index (χ4v) is 6.18. The summed E-state index contributed by atoms with van der Waals surface area (Å²) in [6, 6.07) is 25.2. The summed E-state index contributed by atoms with van der Waals surface area (Å²) in [7, 11) is 0. The summed E-state index contributed by atoms with van der Waals surface area (Å²) in [5.41, 5.74) is 7.07. The number of carbonyl (C=O) groups is 2. The minimum atomic E-state index is -0.321. The van der Waals surface area contributed by atoms with E-state index in [2.05, 4.69) is 47.1 Å². The highest BCUT2D eigenvalue weighted by Crippen LogP contribution is 2.29. The second-order valence-corrected chi connectivity index (χ2v) is 13.6. The molecule has 0 bridgehead atoms. The van der Waals surface area contributed by atoms with Gasteiger partial charge in [-0.1, -0.05) is 73.3 Å². The number of nitrogens with one attached hydrogen (secondary N) is 2. The first kappa shape index (κ1) is 31.2. The average molecular weight is 634 g/mol. The van der Waals surface area contributed by atoms with Gasteiger partial charge in [-0.15, -0.1) is 5.10 Å². The largest absolute Gasteiger partial charge is 0.339 e. The third-order valence-electron chi connectivity index (χ3n) is 8.46. The van der Waals surface area contributed by atoms with Crippen molar-refractivity contribution < 1.29 is 9.59 Å². The average Bonchev–Trinajstić information content (AvgIpc) is 3.74. The number of rotatable bonds is 7. The Balaban J connectivity index is 1.08. The minimum Gasteiger partial charge on any atom is -0.339 e. The molecule has 0 radical (unpaired) electrons. The summed E-state index contributed by atoms with van der Waals surface area (Å²) in [5, 5.41) is 17.0. The molecular formula is C36H39N7O2S. The van der Waals surface area contributed by atoms with Gasteiger partial charge < -0.3 is 10.2 Å². The third kappa shape index (κ3) is 7.18. The number of anilines is 2. The summed E-state index contributed by atoms with van der Waals surface area (Å²) < 4.78 is 5.70. The SMILES string of the molecule is Cc1ccc(-n2nc(C(C)(C)C)cc2NC(=O)Nc2ccccc2CC2CCN(C(=O)c3ccc(-c4csnn4)cc3)CC2)cc1. The van der Waals surface area contributed by atoms with E-state index in [1.54, 1.807) is 4.68 Å². The zero-order valence-corrected chi connectivity index (χ0v) is 27.5. The lowest BCUT2D eigenvalue weighted by atomic mass is 9.89. The Morgan fingerprint density at radius 2 is 1.65 bits per heavy atom. The molecule has 0 aliphatic carbocycles. The number of piperidine rings is 1. The van der Waals surface area contributed by atoms with Crippen molar-refractivity contribution in [1.82, 2.24) is 24.3 Å². The van der Waals surface area contributed by atoms with Crippen molar-refractivity contribution in [2.75, 3.05) is 23.7 Å². The first-order valence-corrected chi connectivity index (χ1v) is 16.5. The number of hydrogen-bond donors (Lipinski definition) is 2. The van der Waals surface area contributed by atoms with Crippen molar-refractivity contribution in [2.24, 2.45) is 5.92 Å². The topological polar surface area (TPSA) is 105 Å². The Morgan fingerprint density at radius 3 is 2.33 bits per heavy atom. The molecule has 46 heavy (non-hydrogen) atoms. The van der Waals surface area contributed by atoms with E-state index in [1.807, 2.05) is 90.0 Å². The lowest BCUT2D eigenvalue weighted by molar-refractivity contribution is 0.0690. The Kier molecular flexibility index (Phi) is 8.99. The van der Waals surface area contributed by atoms with E-state index < -0.39 is 0 Å². The van der Waals surface area contributed by atoms with Crippen LogP contribution in [0.3, 0.4) is 0 Å². The van der Waals surface area contributed by atoms with Gasteiger partial charge in [0.1, 0.15) is 11.5 Å². The number of urea groups is 1. The third-order valence-corrected chi connectivity index (χ3v) is 8.97. The van der Waals surface area contributed by atoms with Crippen LogP contribution in [-0.2, 0) is 11.8 Å². The molecule has 3 amide bonds. The molecule has 10 heteroatoms. The number of para-hydroxylation sites is 1. The van der Waals surface area contributed by atoms with Gasteiger partial charge in [0, 0.05) is 46.8 Å². The fourth-order valence-electron chi connectivity index (χ4n) is 5.72. The van der Waals surface area contributed by atoms with E-state index in [-0.39, 0.29) is 17.4 Å². The van der Waals surface area contributed by atoms with Crippen molar-refractivity contribution >= 4 is 35.0 Å². The van der Waals surface area contributed by atoms with Crippen molar-refractivity contribution in [3.63, 3.8) is 0 Å². The molecular weight excluding hydrogens is 595 g/mol. The van der Waals surface area contributed by atoms with E-state index in [9.17, 15) is 9.59 Å². The highest BCUT2D eigenvalue weighted by molar-refractivity contribution is 7.03. The van der Waals surface area contributed by atoms with Gasteiger partial charge in [0.15, 0.2) is 0 Å². The zero-order valence-electron chi connectivity index (χ0n) is 26.7. The quantitative estimate of drug-likeness (QED) is 0.191. The summed E-state index contributed by atoms with van der Waals surface area (Å²) >= 11 is 1.31. The molecule has 1 aliphatic heterocycles. The van der Waals surface area contributed by atoms with E-state index in [0.717, 1.165) is 58.7 Å². The van der Waals surface area contributed by atoms with Gasteiger partial charge in [-0.2, -0.15) is 5.10 Å². The summed E-state index contributed by atoms with van der Waals surface area (Å²) in [5.74, 6) is 1.07. The normalized spacial score (nSPS) is 13.9. The van der Waals surface area contributed by atoms with Gasteiger partial charge in [0.05, 0.1) is 11.4 Å². The van der Waals surface area contributed by atoms with Gasteiger partial charge in [0.2, 0.25) is 0 Å². The Morgan fingerprint density at radius 1 is 0.935 bits per heavy atom. The number of benzene rings is 3. The molecule has 3 aromatic carbocycles. The van der Waals surface area contributed by atoms with Crippen LogP contribution in [-0.4, -0.2) is 49.3 Å². The van der Waals surface area contributed by atoms with Crippen LogP contribution in [0.15, 0.2) is 84.2 Å². The molecule has 0 saturated carbocycles. The van der Waals surface area contributed by atoms with Crippen molar-refractivity contribution in [3.8, 4) is 16.9 Å². The molecule has 0 atom stereocenters. The molecule has 3 heterocycles. The Bertz CT molecular complexity index is 1800. The predicted molar refractivity (Wildman–Crippen MR) is 184 cm³/mol. The van der Waals surface area contributed by atoms with E-state index in [0.29, 0.717) is 30.4 Å². The maximum Gasteiger partial charge on any atom is 0.324 e. The van der Waals surface area contributed by atoms with E-state index in [4.69, 9.17) is 5.10 Å². The summed E-state index contributed by atoms with van der Waals surface area (Å²) in [6.07, 6.45) is 2.63. The highest BCUT2D eigenvalue weighted by atomic mass is 32.1. The van der Waals surface area contributed by atoms with Crippen LogP contribution < -0.4 is 10.6 Å². The standard InChI is InChI=1S/C36H39N7O2S/c1-24-9-15-29(16-10-24)43-33(22-32(40-43)36(2,3)4)38-35(45)37-30-8-6-5-7-28(30)21-25-17-19-42(20-18-25)34(44)27-13-11-26(12-14-27)31-23-46-41-39-31/h5-16,22-23,25H,17-21H2,1-4H3,(H2,37,38,45).